The second-order valence-corrected chi connectivity index (χ2v) is 4.80. The van der Waals surface area contributed by atoms with Gasteiger partial charge in [-0.05, 0) is 30.5 Å². The van der Waals surface area contributed by atoms with Gasteiger partial charge < -0.3 is 9.47 Å². The normalized spacial score (nSPS) is 10.9. The van der Waals surface area contributed by atoms with Crippen LogP contribution >= 0.6 is 0 Å². The highest BCUT2D eigenvalue weighted by molar-refractivity contribution is 5.44. The Bertz CT molecular complexity index is 420. The molecule has 3 nitrogen and oxygen atoms in total. The van der Waals surface area contributed by atoms with E-state index in [2.05, 4.69) is 19.9 Å². The Morgan fingerprint density at radius 2 is 1.47 bits per heavy atom. The maximum Gasteiger partial charge on any atom is 0.122 e. The summed E-state index contributed by atoms with van der Waals surface area (Å²) in [6.45, 7) is 4.22. The Hall–Kier alpha value is -1.69. The lowest BCUT2D eigenvalue weighted by Gasteiger charge is -2.27. The van der Waals surface area contributed by atoms with Crippen molar-refractivity contribution < 1.29 is 9.47 Å². The van der Waals surface area contributed by atoms with Gasteiger partial charge in [-0.3, -0.25) is 0 Å². The lowest BCUT2D eigenvalue weighted by atomic mass is 9.74. The topological polar surface area (TPSA) is 42.2 Å². The van der Waals surface area contributed by atoms with Crippen LogP contribution in [0.3, 0.4) is 0 Å². The second kappa shape index (κ2) is 7.04. The minimum Gasteiger partial charge on any atom is -0.497 e. The van der Waals surface area contributed by atoms with Crippen LogP contribution in [0.4, 0.5) is 0 Å². The molecule has 1 aromatic carbocycles. The number of rotatable bonds is 7. The summed E-state index contributed by atoms with van der Waals surface area (Å²) in [5, 5.41) is 9.69. The molecule has 1 aromatic rings. The van der Waals surface area contributed by atoms with Gasteiger partial charge in [0.2, 0.25) is 0 Å². The lowest BCUT2D eigenvalue weighted by Crippen LogP contribution is -2.24. The number of ether oxygens (including phenoxy) is 2. The van der Waals surface area contributed by atoms with Crippen LogP contribution in [0, 0.1) is 11.3 Å². The van der Waals surface area contributed by atoms with Gasteiger partial charge in [0, 0.05) is 6.07 Å². The van der Waals surface area contributed by atoms with E-state index >= 15 is 0 Å². The van der Waals surface area contributed by atoms with E-state index in [1.807, 2.05) is 18.2 Å². The van der Waals surface area contributed by atoms with Crippen LogP contribution in [0.2, 0.25) is 0 Å². The van der Waals surface area contributed by atoms with Gasteiger partial charge in [-0.1, -0.05) is 26.7 Å². The van der Waals surface area contributed by atoms with Gasteiger partial charge in [0.1, 0.15) is 11.5 Å². The van der Waals surface area contributed by atoms with E-state index in [1.54, 1.807) is 14.2 Å². The molecule has 0 saturated carbocycles. The average molecular weight is 261 g/mol. The predicted molar refractivity (Wildman–Crippen MR) is 76.7 cm³/mol. The van der Waals surface area contributed by atoms with Gasteiger partial charge >= 0.3 is 0 Å². The molecule has 0 bridgehead atoms. The van der Waals surface area contributed by atoms with Gasteiger partial charge in [-0.2, -0.15) is 5.26 Å². The SMILES string of the molecule is CCCC(C#N)(CCC)c1cc(OC)cc(OC)c1. The molecule has 0 amide bonds. The molecule has 19 heavy (non-hydrogen) atoms. The fourth-order valence-electron chi connectivity index (χ4n) is 2.53. The molecule has 0 N–H and O–H groups in total. The first-order chi connectivity index (χ1) is 9.15. The number of hydrogen-bond donors (Lipinski definition) is 0. The van der Waals surface area contributed by atoms with Crippen molar-refractivity contribution in [3.05, 3.63) is 23.8 Å². The maximum absolute atomic E-state index is 9.69. The zero-order chi connectivity index (χ0) is 14.3. The predicted octanol–water partition coefficient (Wildman–Crippen LogP) is 4.07. The highest BCUT2D eigenvalue weighted by atomic mass is 16.5. The zero-order valence-electron chi connectivity index (χ0n) is 12.3. The quantitative estimate of drug-likeness (QED) is 0.743. The van der Waals surface area contributed by atoms with Crippen molar-refractivity contribution in [1.29, 1.82) is 5.26 Å². The Labute approximate surface area is 116 Å². The molecule has 0 fully saturated rings. The summed E-state index contributed by atoms with van der Waals surface area (Å²) in [5.41, 5.74) is 0.556. The highest BCUT2D eigenvalue weighted by Crippen LogP contribution is 2.37. The number of benzene rings is 1. The van der Waals surface area contributed by atoms with Crippen molar-refractivity contribution >= 4 is 0 Å². The fourth-order valence-corrected chi connectivity index (χ4v) is 2.53. The minimum absolute atomic E-state index is 0.439. The van der Waals surface area contributed by atoms with E-state index in [9.17, 15) is 5.26 Å². The van der Waals surface area contributed by atoms with Crippen molar-refractivity contribution in [2.45, 2.75) is 44.9 Å². The van der Waals surface area contributed by atoms with Crippen LogP contribution < -0.4 is 9.47 Å². The summed E-state index contributed by atoms with van der Waals surface area (Å²) in [5.74, 6) is 1.47. The molecule has 0 unspecified atom stereocenters. The number of methoxy groups -OCH3 is 2. The molecule has 0 aliphatic carbocycles. The number of nitrogens with zero attached hydrogens (tertiary/aromatic N) is 1. The highest BCUT2D eigenvalue weighted by Gasteiger charge is 2.31. The van der Waals surface area contributed by atoms with E-state index in [4.69, 9.17) is 9.47 Å². The second-order valence-electron chi connectivity index (χ2n) is 4.80. The molecule has 0 saturated heterocycles. The summed E-state index contributed by atoms with van der Waals surface area (Å²) >= 11 is 0. The van der Waals surface area contributed by atoms with E-state index < -0.39 is 5.41 Å². The molecule has 0 radical (unpaired) electrons. The Kier molecular flexibility index (Phi) is 5.69. The molecule has 0 atom stereocenters. The first kappa shape index (κ1) is 15.4. The van der Waals surface area contributed by atoms with Crippen LogP contribution in [0.1, 0.15) is 45.1 Å². The number of hydrogen-bond acceptors (Lipinski definition) is 3. The van der Waals surface area contributed by atoms with E-state index in [0.717, 1.165) is 42.7 Å². The third-order valence-electron chi connectivity index (χ3n) is 3.47. The van der Waals surface area contributed by atoms with Crippen molar-refractivity contribution in [3.63, 3.8) is 0 Å². The monoisotopic (exact) mass is 261 g/mol. The molecule has 3 heteroatoms. The van der Waals surface area contributed by atoms with Crippen LogP contribution in [0.15, 0.2) is 18.2 Å². The molecule has 0 aromatic heterocycles. The summed E-state index contributed by atoms with van der Waals surface area (Å²) < 4.78 is 10.6. The first-order valence-electron chi connectivity index (χ1n) is 6.80. The van der Waals surface area contributed by atoms with Crippen molar-refractivity contribution in [2.24, 2.45) is 0 Å². The van der Waals surface area contributed by atoms with Crippen molar-refractivity contribution in [3.8, 4) is 17.6 Å². The fraction of sp³-hybridized carbons (Fsp3) is 0.562. The van der Waals surface area contributed by atoms with Gasteiger partial charge in [0.15, 0.2) is 0 Å². The molecule has 0 heterocycles. The van der Waals surface area contributed by atoms with Crippen molar-refractivity contribution in [2.75, 3.05) is 14.2 Å². The van der Waals surface area contributed by atoms with Gasteiger partial charge in [-0.25, -0.2) is 0 Å². The molecule has 104 valence electrons. The van der Waals surface area contributed by atoms with Crippen LogP contribution in [-0.2, 0) is 5.41 Å². The van der Waals surface area contributed by atoms with Gasteiger partial charge in [-0.15, -0.1) is 0 Å². The average Bonchev–Trinajstić information content (AvgIpc) is 2.46. The van der Waals surface area contributed by atoms with E-state index in [1.165, 1.54) is 0 Å². The summed E-state index contributed by atoms with van der Waals surface area (Å²) in [6.07, 6.45) is 3.67. The first-order valence-corrected chi connectivity index (χ1v) is 6.80. The molecule has 0 aliphatic rings. The zero-order valence-corrected chi connectivity index (χ0v) is 12.3. The molecular formula is C16H23NO2. The summed E-state index contributed by atoms with van der Waals surface area (Å²) in [4.78, 5) is 0. The molecule has 1 rings (SSSR count). The van der Waals surface area contributed by atoms with E-state index in [-0.39, 0.29) is 0 Å². The molecule has 0 aliphatic heterocycles. The smallest absolute Gasteiger partial charge is 0.122 e. The van der Waals surface area contributed by atoms with Crippen LogP contribution in [0.5, 0.6) is 11.5 Å². The van der Waals surface area contributed by atoms with Gasteiger partial charge in [0.25, 0.3) is 0 Å². The molecule has 0 spiro atoms. The Balaban J connectivity index is 3.32. The molecular weight excluding hydrogens is 238 g/mol. The van der Waals surface area contributed by atoms with Gasteiger partial charge in [0.05, 0.1) is 25.7 Å². The summed E-state index contributed by atoms with van der Waals surface area (Å²) in [6, 6.07) is 8.27. The Morgan fingerprint density at radius 3 is 1.79 bits per heavy atom. The third-order valence-corrected chi connectivity index (χ3v) is 3.47. The standard InChI is InChI=1S/C16H23NO2/c1-5-7-16(12-17,8-6-2)13-9-14(18-3)11-15(10-13)19-4/h9-11H,5-8H2,1-4H3. The minimum atomic E-state index is -0.439. The largest absolute Gasteiger partial charge is 0.497 e. The van der Waals surface area contributed by atoms with E-state index in [0.29, 0.717) is 0 Å². The summed E-state index contributed by atoms with van der Waals surface area (Å²) in [7, 11) is 3.26. The third kappa shape index (κ3) is 3.41. The number of nitriles is 1. The Morgan fingerprint density at radius 1 is 1.00 bits per heavy atom. The van der Waals surface area contributed by atoms with Crippen LogP contribution in [-0.4, -0.2) is 14.2 Å². The lowest BCUT2D eigenvalue weighted by molar-refractivity contribution is 0.387. The van der Waals surface area contributed by atoms with Crippen molar-refractivity contribution in [1.82, 2.24) is 0 Å². The van der Waals surface area contributed by atoms with Crippen LogP contribution in [0.25, 0.3) is 0 Å². The maximum atomic E-state index is 9.69.